The maximum atomic E-state index is 11.5. The third kappa shape index (κ3) is 3.26. The van der Waals surface area contributed by atoms with Crippen LogP contribution in [0, 0.1) is 10.1 Å². The predicted molar refractivity (Wildman–Crippen MR) is 74.6 cm³/mol. The summed E-state index contributed by atoms with van der Waals surface area (Å²) in [7, 11) is 0. The molecule has 1 fully saturated rings. The monoisotopic (exact) mass is 278 g/mol. The number of benzene rings is 1. The molecular weight excluding hydrogens is 260 g/mol. The minimum absolute atomic E-state index is 0.209. The van der Waals surface area contributed by atoms with E-state index >= 15 is 0 Å². The van der Waals surface area contributed by atoms with Gasteiger partial charge in [0.05, 0.1) is 18.7 Å². The number of carbonyl (C=O) groups excluding carboxylic acids is 1. The molecule has 1 saturated heterocycles. The van der Waals surface area contributed by atoms with Crippen molar-refractivity contribution in [3.05, 3.63) is 39.9 Å². The standard InChI is InChI=1S/C14H18N2O4/c1-2-20-14(17)11-5-7-12(8-6-11)15-9-3-4-13(10-15)16(18)19/h5-8,13H,2-4,9-10H2,1H3. The summed E-state index contributed by atoms with van der Waals surface area (Å²) < 4.78 is 4.92. The van der Waals surface area contributed by atoms with Crippen LogP contribution in [0.2, 0.25) is 0 Å². The van der Waals surface area contributed by atoms with Crippen molar-refractivity contribution in [3.8, 4) is 0 Å². The lowest BCUT2D eigenvalue weighted by atomic mass is 10.1. The van der Waals surface area contributed by atoms with E-state index in [4.69, 9.17) is 4.74 Å². The van der Waals surface area contributed by atoms with E-state index in [-0.39, 0.29) is 10.9 Å². The minimum atomic E-state index is -0.506. The van der Waals surface area contributed by atoms with Crippen LogP contribution < -0.4 is 4.90 Å². The van der Waals surface area contributed by atoms with E-state index in [1.807, 2.05) is 17.0 Å². The summed E-state index contributed by atoms with van der Waals surface area (Å²) in [5.41, 5.74) is 1.41. The number of hydrogen-bond acceptors (Lipinski definition) is 5. The van der Waals surface area contributed by atoms with Crippen LogP contribution in [0.1, 0.15) is 30.1 Å². The number of piperidine rings is 1. The summed E-state index contributed by atoms with van der Waals surface area (Å²) in [4.78, 5) is 24.2. The average Bonchev–Trinajstić information content (AvgIpc) is 2.48. The number of esters is 1. The van der Waals surface area contributed by atoms with E-state index < -0.39 is 6.04 Å². The molecule has 6 nitrogen and oxygen atoms in total. The van der Waals surface area contributed by atoms with Crippen molar-refractivity contribution in [3.63, 3.8) is 0 Å². The zero-order valence-electron chi connectivity index (χ0n) is 11.4. The number of nitro groups is 1. The molecule has 0 saturated carbocycles. The Balaban J connectivity index is 2.06. The van der Waals surface area contributed by atoms with Crippen molar-refractivity contribution < 1.29 is 14.5 Å². The van der Waals surface area contributed by atoms with Gasteiger partial charge in [0.1, 0.15) is 0 Å². The molecule has 0 bridgehead atoms. The van der Waals surface area contributed by atoms with Crippen LogP contribution in [0.25, 0.3) is 0 Å². The fraction of sp³-hybridized carbons (Fsp3) is 0.500. The lowest BCUT2D eigenvalue weighted by molar-refractivity contribution is -0.521. The summed E-state index contributed by atoms with van der Waals surface area (Å²) in [5.74, 6) is -0.346. The smallest absolute Gasteiger partial charge is 0.338 e. The van der Waals surface area contributed by atoms with Gasteiger partial charge in [0.25, 0.3) is 0 Å². The van der Waals surface area contributed by atoms with E-state index in [9.17, 15) is 14.9 Å². The highest BCUT2D eigenvalue weighted by atomic mass is 16.6. The molecule has 0 amide bonds. The average molecular weight is 278 g/mol. The number of carbonyl (C=O) groups is 1. The van der Waals surface area contributed by atoms with E-state index in [0.717, 1.165) is 18.7 Å². The van der Waals surface area contributed by atoms with Crippen LogP contribution in [-0.2, 0) is 4.74 Å². The number of hydrogen-bond donors (Lipinski definition) is 0. The first-order valence-electron chi connectivity index (χ1n) is 6.77. The van der Waals surface area contributed by atoms with Crippen LogP contribution in [0.15, 0.2) is 24.3 Å². The van der Waals surface area contributed by atoms with Crippen molar-refractivity contribution in [2.24, 2.45) is 0 Å². The summed E-state index contributed by atoms with van der Waals surface area (Å²) in [6, 6.07) is 6.52. The van der Waals surface area contributed by atoms with Crippen molar-refractivity contribution in [1.82, 2.24) is 0 Å². The van der Waals surface area contributed by atoms with Crippen molar-refractivity contribution in [1.29, 1.82) is 0 Å². The highest BCUT2D eigenvalue weighted by molar-refractivity contribution is 5.89. The third-order valence-corrected chi connectivity index (χ3v) is 3.44. The molecule has 2 rings (SSSR count). The first-order valence-corrected chi connectivity index (χ1v) is 6.77. The van der Waals surface area contributed by atoms with Gasteiger partial charge >= 0.3 is 5.97 Å². The Bertz CT molecular complexity index is 486. The number of anilines is 1. The molecule has 1 aliphatic rings. The largest absolute Gasteiger partial charge is 0.462 e. The van der Waals surface area contributed by atoms with Gasteiger partial charge in [0.15, 0.2) is 0 Å². The molecule has 1 aromatic carbocycles. The molecule has 1 unspecified atom stereocenters. The molecular formula is C14H18N2O4. The quantitative estimate of drug-likeness (QED) is 0.479. The molecule has 0 aromatic heterocycles. The molecule has 1 aromatic rings. The highest BCUT2D eigenvalue weighted by Gasteiger charge is 2.28. The molecule has 1 heterocycles. The summed E-state index contributed by atoms with van der Waals surface area (Å²) in [6.45, 7) is 3.34. The predicted octanol–water partition coefficient (Wildman–Crippen LogP) is 2.11. The number of nitrogens with zero attached hydrogens (tertiary/aromatic N) is 2. The number of rotatable bonds is 4. The van der Waals surface area contributed by atoms with Gasteiger partial charge in [-0.25, -0.2) is 4.79 Å². The normalized spacial score (nSPS) is 18.6. The molecule has 0 spiro atoms. The van der Waals surface area contributed by atoms with Gasteiger partial charge < -0.3 is 9.64 Å². The Kier molecular flexibility index (Phi) is 4.55. The molecule has 20 heavy (non-hydrogen) atoms. The molecule has 1 aliphatic heterocycles. The molecule has 108 valence electrons. The second kappa shape index (κ2) is 6.36. The van der Waals surface area contributed by atoms with Gasteiger partial charge in [0, 0.05) is 23.6 Å². The van der Waals surface area contributed by atoms with Crippen LogP contribution >= 0.6 is 0 Å². The SMILES string of the molecule is CCOC(=O)c1ccc(N2CCCC([N+](=O)[O-])C2)cc1. The van der Waals surface area contributed by atoms with Crippen LogP contribution in [0.5, 0.6) is 0 Å². The fourth-order valence-corrected chi connectivity index (χ4v) is 2.38. The first kappa shape index (κ1) is 14.3. The van der Waals surface area contributed by atoms with E-state index in [1.54, 1.807) is 19.1 Å². The molecule has 6 heteroatoms. The Morgan fingerprint density at radius 3 is 2.75 bits per heavy atom. The van der Waals surface area contributed by atoms with E-state index in [2.05, 4.69) is 0 Å². The second-order valence-corrected chi connectivity index (χ2v) is 4.79. The molecule has 0 aliphatic carbocycles. The first-order chi connectivity index (χ1) is 9.61. The number of ether oxygens (including phenoxy) is 1. The van der Waals surface area contributed by atoms with Crippen molar-refractivity contribution >= 4 is 11.7 Å². The van der Waals surface area contributed by atoms with Gasteiger partial charge in [-0.05, 0) is 37.6 Å². The van der Waals surface area contributed by atoms with Crippen LogP contribution in [0.3, 0.4) is 0 Å². The summed E-state index contributed by atoms with van der Waals surface area (Å²) in [6.07, 6.45) is 1.44. The Morgan fingerprint density at radius 2 is 2.15 bits per heavy atom. The highest BCUT2D eigenvalue weighted by Crippen LogP contribution is 2.21. The third-order valence-electron chi connectivity index (χ3n) is 3.44. The molecule has 1 atom stereocenters. The van der Waals surface area contributed by atoms with Crippen molar-refractivity contribution in [2.75, 3.05) is 24.6 Å². The zero-order valence-corrected chi connectivity index (χ0v) is 11.4. The van der Waals surface area contributed by atoms with Crippen molar-refractivity contribution in [2.45, 2.75) is 25.8 Å². The van der Waals surface area contributed by atoms with Gasteiger partial charge in [0.2, 0.25) is 6.04 Å². The Labute approximate surface area is 117 Å². The summed E-state index contributed by atoms with van der Waals surface area (Å²) in [5, 5.41) is 10.9. The zero-order chi connectivity index (χ0) is 14.5. The van der Waals surface area contributed by atoms with Crippen LogP contribution in [-0.4, -0.2) is 36.6 Å². The van der Waals surface area contributed by atoms with Gasteiger partial charge in [-0.15, -0.1) is 0 Å². The van der Waals surface area contributed by atoms with Gasteiger partial charge in [-0.1, -0.05) is 0 Å². The molecule has 0 radical (unpaired) electrons. The second-order valence-electron chi connectivity index (χ2n) is 4.79. The maximum absolute atomic E-state index is 11.5. The maximum Gasteiger partial charge on any atom is 0.338 e. The lowest BCUT2D eigenvalue weighted by Gasteiger charge is -2.30. The lowest BCUT2D eigenvalue weighted by Crippen LogP contribution is -2.42. The topological polar surface area (TPSA) is 72.7 Å². The van der Waals surface area contributed by atoms with E-state index in [1.165, 1.54) is 0 Å². The molecule has 0 N–H and O–H groups in total. The fourth-order valence-electron chi connectivity index (χ4n) is 2.38. The summed E-state index contributed by atoms with van der Waals surface area (Å²) >= 11 is 0. The van der Waals surface area contributed by atoms with Gasteiger partial charge in [-0.3, -0.25) is 10.1 Å². The van der Waals surface area contributed by atoms with E-state index in [0.29, 0.717) is 25.1 Å². The Hall–Kier alpha value is -2.11. The Morgan fingerprint density at radius 1 is 1.45 bits per heavy atom. The minimum Gasteiger partial charge on any atom is -0.462 e. The van der Waals surface area contributed by atoms with Gasteiger partial charge in [-0.2, -0.15) is 0 Å². The van der Waals surface area contributed by atoms with Crippen LogP contribution in [0.4, 0.5) is 5.69 Å².